The highest BCUT2D eigenvalue weighted by Gasteiger charge is 2.20. The van der Waals surface area contributed by atoms with Gasteiger partial charge in [-0.25, -0.2) is 9.97 Å². The molecule has 0 saturated heterocycles. The van der Waals surface area contributed by atoms with Crippen molar-refractivity contribution in [1.82, 2.24) is 9.97 Å². The summed E-state index contributed by atoms with van der Waals surface area (Å²) in [6, 6.07) is 1.89. The Kier molecular flexibility index (Phi) is 2.89. The van der Waals surface area contributed by atoms with Crippen molar-refractivity contribution in [2.24, 2.45) is 0 Å². The third-order valence-corrected chi connectivity index (χ3v) is 3.09. The molecule has 82 valence electrons. The largest absolute Gasteiger partial charge is 0.384 e. The normalized spacial score (nSPS) is 17.5. The molecular formula is C12H19N3. The fourth-order valence-electron chi connectivity index (χ4n) is 2.17. The summed E-state index contributed by atoms with van der Waals surface area (Å²) in [6.45, 7) is 4.28. The highest BCUT2D eigenvalue weighted by Crippen LogP contribution is 2.32. The van der Waals surface area contributed by atoms with Gasteiger partial charge in [0.15, 0.2) is 0 Å². The van der Waals surface area contributed by atoms with Gasteiger partial charge < -0.3 is 5.73 Å². The van der Waals surface area contributed by atoms with Crippen LogP contribution in [0.5, 0.6) is 0 Å². The first-order valence-electron chi connectivity index (χ1n) is 5.81. The van der Waals surface area contributed by atoms with Crippen molar-refractivity contribution in [3.8, 4) is 0 Å². The highest BCUT2D eigenvalue weighted by atomic mass is 15.0. The van der Waals surface area contributed by atoms with Gasteiger partial charge in [0.05, 0.1) is 0 Å². The van der Waals surface area contributed by atoms with E-state index in [1.807, 2.05) is 6.07 Å². The SMILES string of the molecule is CC(C)c1cc(N)nc(C2CCCC2)n1. The minimum absolute atomic E-state index is 0.426. The third kappa shape index (κ3) is 2.28. The molecule has 0 spiro atoms. The lowest BCUT2D eigenvalue weighted by Crippen LogP contribution is -2.07. The Balaban J connectivity index is 2.30. The molecule has 0 aromatic carbocycles. The average Bonchev–Trinajstić information content (AvgIpc) is 2.69. The van der Waals surface area contributed by atoms with E-state index in [1.165, 1.54) is 25.7 Å². The van der Waals surface area contributed by atoms with Crippen LogP contribution in [0.1, 0.15) is 62.9 Å². The van der Waals surface area contributed by atoms with Gasteiger partial charge in [0.1, 0.15) is 11.6 Å². The monoisotopic (exact) mass is 205 g/mol. The van der Waals surface area contributed by atoms with E-state index in [1.54, 1.807) is 0 Å². The number of nitrogens with zero attached hydrogens (tertiary/aromatic N) is 2. The summed E-state index contributed by atoms with van der Waals surface area (Å²) in [7, 11) is 0. The second-order valence-electron chi connectivity index (χ2n) is 4.71. The minimum Gasteiger partial charge on any atom is -0.384 e. The molecule has 0 aliphatic heterocycles. The van der Waals surface area contributed by atoms with Gasteiger partial charge in [-0.05, 0) is 18.8 Å². The summed E-state index contributed by atoms with van der Waals surface area (Å²) in [5.41, 5.74) is 6.89. The summed E-state index contributed by atoms with van der Waals surface area (Å²) < 4.78 is 0. The van der Waals surface area contributed by atoms with Gasteiger partial charge >= 0.3 is 0 Å². The van der Waals surface area contributed by atoms with E-state index in [0.29, 0.717) is 17.7 Å². The Morgan fingerprint density at radius 2 is 1.93 bits per heavy atom. The second-order valence-corrected chi connectivity index (χ2v) is 4.71. The van der Waals surface area contributed by atoms with Gasteiger partial charge in [-0.3, -0.25) is 0 Å². The summed E-state index contributed by atoms with van der Waals surface area (Å²) >= 11 is 0. The van der Waals surface area contributed by atoms with Gasteiger partial charge in [0, 0.05) is 17.7 Å². The van der Waals surface area contributed by atoms with Gasteiger partial charge in [-0.2, -0.15) is 0 Å². The van der Waals surface area contributed by atoms with E-state index in [4.69, 9.17) is 5.73 Å². The molecule has 1 fully saturated rings. The molecule has 2 N–H and O–H groups in total. The maximum Gasteiger partial charge on any atom is 0.134 e. The molecular weight excluding hydrogens is 186 g/mol. The zero-order valence-corrected chi connectivity index (χ0v) is 9.53. The molecule has 1 saturated carbocycles. The number of nitrogen functional groups attached to an aromatic ring is 1. The molecule has 0 unspecified atom stereocenters. The number of nitrogens with two attached hydrogens (primary N) is 1. The average molecular weight is 205 g/mol. The van der Waals surface area contributed by atoms with Crippen LogP contribution in [-0.4, -0.2) is 9.97 Å². The standard InChI is InChI=1S/C12H19N3/c1-8(2)10-7-11(13)15-12(14-10)9-5-3-4-6-9/h7-9H,3-6H2,1-2H3,(H2,13,14,15). The van der Waals surface area contributed by atoms with Crippen molar-refractivity contribution in [3.63, 3.8) is 0 Å². The quantitative estimate of drug-likeness (QED) is 0.807. The van der Waals surface area contributed by atoms with Crippen molar-refractivity contribution in [2.75, 3.05) is 5.73 Å². The van der Waals surface area contributed by atoms with E-state index in [9.17, 15) is 0 Å². The Hall–Kier alpha value is -1.12. The molecule has 2 rings (SSSR count). The van der Waals surface area contributed by atoms with Gasteiger partial charge in [0.2, 0.25) is 0 Å². The number of hydrogen-bond donors (Lipinski definition) is 1. The summed E-state index contributed by atoms with van der Waals surface area (Å²) in [5.74, 6) is 2.56. The van der Waals surface area contributed by atoms with Crippen molar-refractivity contribution in [1.29, 1.82) is 0 Å². The molecule has 15 heavy (non-hydrogen) atoms. The Morgan fingerprint density at radius 3 is 2.53 bits per heavy atom. The zero-order valence-electron chi connectivity index (χ0n) is 9.53. The number of aromatic nitrogens is 2. The van der Waals surface area contributed by atoms with Crippen LogP contribution in [0.15, 0.2) is 6.07 Å². The van der Waals surface area contributed by atoms with Crippen LogP contribution in [0.3, 0.4) is 0 Å². The van der Waals surface area contributed by atoms with Crippen molar-refractivity contribution in [3.05, 3.63) is 17.6 Å². The molecule has 0 bridgehead atoms. The first-order valence-corrected chi connectivity index (χ1v) is 5.81. The Morgan fingerprint density at radius 1 is 1.27 bits per heavy atom. The van der Waals surface area contributed by atoms with Crippen LogP contribution in [0, 0.1) is 0 Å². The third-order valence-electron chi connectivity index (χ3n) is 3.09. The fraction of sp³-hybridized carbons (Fsp3) is 0.667. The molecule has 3 heteroatoms. The summed E-state index contributed by atoms with van der Waals surface area (Å²) in [5, 5.41) is 0. The first kappa shape index (κ1) is 10.4. The maximum absolute atomic E-state index is 5.81. The lowest BCUT2D eigenvalue weighted by molar-refractivity contribution is 0.654. The van der Waals surface area contributed by atoms with E-state index in [-0.39, 0.29) is 0 Å². The van der Waals surface area contributed by atoms with Crippen molar-refractivity contribution in [2.45, 2.75) is 51.4 Å². The van der Waals surface area contributed by atoms with Crippen LogP contribution in [0.4, 0.5) is 5.82 Å². The second kappa shape index (κ2) is 4.17. The maximum atomic E-state index is 5.81. The van der Waals surface area contributed by atoms with Crippen molar-refractivity contribution < 1.29 is 0 Å². The summed E-state index contributed by atoms with van der Waals surface area (Å²) in [4.78, 5) is 8.99. The molecule has 0 atom stereocenters. The van der Waals surface area contributed by atoms with E-state index in [0.717, 1.165) is 11.5 Å². The number of rotatable bonds is 2. The van der Waals surface area contributed by atoms with Crippen LogP contribution >= 0.6 is 0 Å². The summed E-state index contributed by atoms with van der Waals surface area (Å²) in [6.07, 6.45) is 5.06. The van der Waals surface area contributed by atoms with E-state index in [2.05, 4.69) is 23.8 Å². The van der Waals surface area contributed by atoms with Crippen LogP contribution in [0.2, 0.25) is 0 Å². The molecule has 1 heterocycles. The molecule has 3 nitrogen and oxygen atoms in total. The molecule has 1 aliphatic carbocycles. The van der Waals surface area contributed by atoms with Crippen LogP contribution in [-0.2, 0) is 0 Å². The molecule has 1 aromatic rings. The predicted octanol–water partition coefficient (Wildman–Crippen LogP) is 2.84. The smallest absolute Gasteiger partial charge is 0.134 e. The molecule has 0 amide bonds. The number of hydrogen-bond acceptors (Lipinski definition) is 3. The van der Waals surface area contributed by atoms with Gasteiger partial charge in [-0.1, -0.05) is 26.7 Å². The fourth-order valence-corrected chi connectivity index (χ4v) is 2.17. The lowest BCUT2D eigenvalue weighted by atomic mass is 10.1. The molecule has 1 aromatic heterocycles. The predicted molar refractivity (Wildman–Crippen MR) is 61.7 cm³/mol. The lowest BCUT2D eigenvalue weighted by Gasteiger charge is -2.12. The van der Waals surface area contributed by atoms with Gasteiger partial charge in [0.25, 0.3) is 0 Å². The van der Waals surface area contributed by atoms with Gasteiger partial charge in [-0.15, -0.1) is 0 Å². The molecule has 1 aliphatic rings. The highest BCUT2D eigenvalue weighted by molar-refractivity contribution is 5.31. The first-order chi connectivity index (χ1) is 7.16. The Bertz CT molecular complexity index is 341. The van der Waals surface area contributed by atoms with Crippen LogP contribution < -0.4 is 5.73 Å². The van der Waals surface area contributed by atoms with Crippen LogP contribution in [0.25, 0.3) is 0 Å². The Labute approximate surface area is 91.1 Å². The van der Waals surface area contributed by atoms with E-state index >= 15 is 0 Å². The minimum atomic E-state index is 0.426. The van der Waals surface area contributed by atoms with Crippen molar-refractivity contribution >= 4 is 5.82 Å². The molecule has 0 radical (unpaired) electrons. The van der Waals surface area contributed by atoms with E-state index < -0.39 is 0 Å². The zero-order chi connectivity index (χ0) is 10.8. The topological polar surface area (TPSA) is 51.8 Å². The number of anilines is 1.